The lowest BCUT2D eigenvalue weighted by Crippen LogP contribution is -2.02. The van der Waals surface area contributed by atoms with Crippen molar-refractivity contribution in [3.8, 4) is 90.8 Å². The van der Waals surface area contributed by atoms with Gasteiger partial charge in [-0.3, -0.25) is 19.9 Å². The topological polar surface area (TPSA) is 129 Å². The fourth-order valence-corrected chi connectivity index (χ4v) is 9.90. The molecule has 0 spiro atoms. The first-order valence-electron chi connectivity index (χ1n) is 23.6. The predicted octanol–water partition coefficient (Wildman–Crippen LogP) is 14.2. The lowest BCUT2D eigenvalue weighted by molar-refractivity contribution is 1.08. The third-order valence-corrected chi connectivity index (χ3v) is 13.4. The number of pyridine rings is 4. The summed E-state index contributed by atoms with van der Waals surface area (Å²) < 4.78 is 0. The molecule has 0 unspecified atom stereocenters. The van der Waals surface area contributed by atoms with E-state index < -0.39 is 0 Å². The summed E-state index contributed by atoms with van der Waals surface area (Å²) in [4.78, 5) is 50.1. The zero-order chi connectivity index (χ0) is 47.5. The highest BCUT2D eigenvalue weighted by molar-refractivity contribution is 6.27. The summed E-state index contributed by atoms with van der Waals surface area (Å²) in [5.74, 6) is 3.29. The second-order valence-corrected chi connectivity index (χ2v) is 17.6. The normalized spacial score (nSPS) is 11.6. The first-order chi connectivity index (χ1) is 35.7. The zero-order valence-corrected chi connectivity index (χ0v) is 38.3. The molecule has 14 rings (SSSR count). The van der Waals surface area contributed by atoms with Crippen molar-refractivity contribution >= 4 is 54.1 Å². The summed E-state index contributed by atoms with van der Waals surface area (Å²) in [6.07, 6.45) is 7.22. The fraction of sp³-hybridized carbons (Fsp3) is 0. The number of hydrogen-bond acceptors (Lipinski definition) is 10. The summed E-state index contributed by atoms with van der Waals surface area (Å²) >= 11 is 0. The van der Waals surface area contributed by atoms with Gasteiger partial charge in [0.25, 0.3) is 0 Å². The SMILES string of the molecule is c1ccc(-c2ccc(-c3nc(-c4ccc(-c5ccccn5)cc4)nc(-c4ccc5ccc6c(-c7nc(-c8cccc9cccnc89)nc(-c8cccc9cccnc89)n7)ccc7ccc4c5c76)n3)cc2)nc1. The van der Waals surface area contributed by atoms with Gasteiger partial charge in [-0.15, -0.1) is 0 Å². The highest BCUT2D eigenvalue weighted by atomic mass is 15.0. The Hall–Kier alpha value is -10.1. The van der Waals surface area contributed by atoms with Crippen LogP contribution in [0, 0.1) is 0 Å². The molecule has 0 N–H and O–H groups in total. The molecule has 0 aliphatic rings. The Kier molecular flexibility index (Phi) is 9.59. The quantitative estimate of drug-likeness (QED) is 0.136. The van der Waals surface area contributed by atoms with Crippen LogP contribution in [-0.4, -0.2) is 49.8 Å². The molecule has 10 heteroatoms. The average Bonchev–Trinajstić information content (AvgIpc) is 3.46. The molecule has 0 amide bonds. The van der Waals surface area contributed by atoms with Crippen LogP contribution in [0.15, 0.2) is 219 Å². The molecule has 0 aliphatic carbocycles. The minimum Gasteiger partial charge on any atom is -0.256 e. The van der Waals surface area contributed by atoms with Gasteiger partial charge >= 0.3 is 0 Å². The molecule has 10 nitrogen and oxygen atoms in total. The van der Waals surface area contributed by atoms with Gasteiger partial charge in [-0.25, -0.2) is 29.9 Å². The van der Waals surface area contributed by atoms with Crippen molar-refractivity contribution in [2.24, 2.45) is 0 Å². The van der Waals surface area contributed by atoms with Crippen molar-refractivity contribution < 1.29 is 0 Å². The van der Waals surface area contributed by atoms with Crippen molar-refractivity contribution in [2.75, 3.05) is 0 Å². The number of benzene rings is 8. The number of hydrogen-bond donors (Lipinski definition) is 0. The molecule has 0 saturated heterocycles. The molecule has 6 aromatic heterocycles. The monoisotopic (exact) mass is 920 g/mol. The van der Waals surface area contributed by atoms with E-state index in [4.69, 9.17) is 39.9 Å². The van der Waals surface area contributed by atoms with Crippen LogP contribution in [0.25, 0.3) is 145 Å². The van der Waals surface area contributed by atoms with E-state index in [2.05, 4.69) is 107 Å². The van der Waals surface area contributed by atoms with Crippen LogP contribution < -0.4 is 0 Å². The molecule has 6 heterocycles. The van der Waals surface area contributed by atoms with E-state index in [-0.39, 0.29) is 0 Å². The second kappa shape index (κ2) is 16.9. The number of rotatable bonds is 8. The zero-order valence-electron chi connectivity index (χ0n) is 38.3. The number of fused-ring (bicyclic) bond motifs is 2. The van der Waals surface area contributed by atoms with Crippen LogP contribution in [0.3, 0.4) is 0 Å². The van der Waals surface area contributed by atoms with Gasteiger partial charge in [0.2, 0.25) is 0 Å². The van der Waals surface area contributed by atoms with Crippen molar-refractivity contribution in [3.05, 3.63) is 219 Å². The largest absolute Gasteiger partial charge is 0.256 e. The first kappa shape index (κ1) is 41.0. The van der Waals surface area contributed by atoms with Gasteiger partial charge in [0, 0.05) is 80.1 Å². The van der Waals surface area contributed by atoms with E-state index in [1.807, 2.05) is 97.1 Å². The smallest absolute Gasteiger partial charge is 0.166 e. The Morgan fingerprint density at radius 1 is 0.222 bits per heavy atom. The summed E-state index contributed by atoms with van der Waals surface area (Å²) in [6.45, 7) is 0. The van der Waals surface area contributed by atoms with E-state index >= 15 is 0 Å². The summed E-state index contributed by atoms with van der Waals surface area (Å²) in [5.41, 5.74) is 10.6. The molecule has 72 heavy (non-hydrogen) atoms. The third kappa shape index (κ3) is 7.04. The van der Waals surface area contributed by atoms with Gasteiger partial charge in [-0.05, 0) is 93.0 Å². The van der Waals surface area contributed by atoms with Crippen LogP contribution in [-0.2, 0) is 0 Å². The molecule has 0 aliphatic heterocycles. The molecule has 14 aromatic rings. The van der Waals surface area contributed by atoms with Crippen LogP contribution in [0.4, 0.5) is 0 Å². The molecular weight excluding hydrogens is 885 g/mol. The minimum atomic E-state index is 0.527. The molecule has 334 valence electrons. The molecule has 0 radical (unpaired) electrons. The molecule has 8 aromatic carbocycles. The average molecular weight is 921 g/mol. The van der Waals surface area contributed by atoms with Gasteiger partial charge in [0.15, 0.2) is 34.9 Å². The number of para-hydroxylation sites is 2. The Balaban J connectivity index is 0.953. The van der Waals surface area contributed by atoms with E-state index in [1.54, 1.807) is 24.8 Å². The molecule has 0 bridgehead atoms. The van der Waals surface area contributed by atoms with Gasteiger partial charge in [0.05, 0.1) is 22.4 Å². The summed E-state index contributed by atoms with van der Waals surface area (Å²) in [6, 6.07) is 65.8. The van der Waals surface area contributed by atoms with Crippen LogP contribution in [0.5, 0.6) is 0 Å². The van der Waals surface area contributed by atoms with E-state index in [9.17, 15) is 0 Å². The standard InChI is InChI=1S/C62H36N10/c1-3-33-63-51(15-1)37-17-21-43(22-18-37)57-67-58(44-23-19-38(20-24-44)52-16-2-4-34-64-52)69-59(68-57)47-31-27-39-26-30-46-48(32-28-40-25-29-45(47)53(39)54(40)46)60-70-61(49-13-5-9-41-11-7-35-65-55(41)49)72-62(71-60)50-14-6-10-42-12-8-36-66-56(42)50/h1-36H. The van der Waals surface area contributed by atoms with Crippen molar-refractivity contribution in [3.63, 3.8) is 0 Å². The number of aromatic nitrogens is 10. The van der Waals surface area contributed by atoms with Crippen LogP contribution >= 0.6 is 0 Å². The van der Waals surface area contributed by atoms with E-state index in [1.165, 1.54) is 0 Å². The first-order valence-corrected chi connectivity index (χ1v) is 23.6. The second-order valence-electron chi connectivity index (χ2n) is 17.6. The molecule has 0 saturated carbocycles. The summed E-state index contributed by atoms with van der Waals surface area (Å²) in [5, 5.41) is 8.40. The predicted molar refractivity (Wildman–Crippen MR) is 287 cm³/mol. The Labute approximate surface area is 411 Å². The Bertz CT molecular complexity index is 4170. The molecule has 0 atom stereocenters. The van der Waals surface area contributed by atoms with Gasteiger partial charge in [-0.2, -0.15) is 0 Å². The Morgan fingerprint density at radius 2 is 0.597 bits per heavy atom. The number of nitrogens with zero attached hydrogens (tertiary/aromatic N) is 10. The summed E-state index contributed by atoms with van der Waals surface area (Å²) in [7, 11) is 0. The highest BCUT2D eigenvalue weighted by Crippen LogP contribution is 2.43. The van der Waals surface area contributed by atoms with Gasteiger partial charge in [0.1, 0.15) is 0 Å². The maximum atomic E-state index is 5.28. The highest BCUT2D eigenvalue weighted by Gasteiger charge is 2.22. The van der Waals surface area contributed by atoms with Crippen LogP contribution in [0.1, 0.15) is 0 Å². The van der Waals surface area contributed by atoms with Crippen LogP contribution in [0.2, 0.25) is 0 Å². The molecular formula is C62H36N10. The lowest BCUT2D eigenvalue weighted by atomic mass is 9.89. The maximum absolute atomic E-state index is 5.28. The minimum absolute atomic E-state index is 0.527. The van der Waals surface area contributed by atoms with E-state index in [0.29, 0.717) is 34.9 Å². The lowest BCUT2D eigenvalue weighted by Gasteiger charge is -2.17. The van der Waals surface area contributed by atoms with Crippen molar-refractivity contribution in [1.29, 1.82) is 0 Å². The third-order valence-electron chi connectivity index (χ3n) is 13.4. The van der Waals surface area contributed by atoms with Gasteiger partial charge < -0.3 is 0 Å². The van der Waals surface area contributed by atoms with Gasteiger partial charge in [-0.1, -0.05) is 133 Å². The van der Waals surface area contributed by atoms with E-state index in [0.717, 1.165) is 110 Å². The Morgan fingerprint density at radius 3 is 1.04 bits per heavy atom. The molecule has 0 fully saturated rings. The van der Waals surface area contributed by atoms with Crippen molar-refractivity contribution in [1.82, 2.24) is 49.8 Å². The fourth-order valence-electron chi connectivity index (χ4n) is 9.90. The van der Waals surface area contributed by atoms with Crippen molar-refractivity contribution in [2.45, 2.75) is 0 Å². The maximum Gasteiger partial charge on any atom is 0.166 e.